The van der Waals surface area contributed by atoms with Gasteiger partial charge in [-0.25, -0.2) is 0 Å². The molecule has 19 heavy (non-hydrogen) atoms. The van der Waals surface area contributed by atoms with Gasteiger partial charge in [-0.05, 0) is 17.7 Å². The zero-order chi connectivity index (χ0) is 14.4. The van der Waals surface area contributed by atoms with Gasteiger partial charge in [0, 0.05) is 0 Å². The summed E-state index contributed by atoms with van der Waals surface area (Å²) in [6.07, 6.45) is 1.31. The third-order valence-electron chi connectivity index (χ3n) is 1.95. The second-order valence-corrected chi connectivity index (χ2v) is 4.34. The molecule has 0 aliphatic rings. The van der Waals surface area contributed by atoms with Gasteiger partial charge in [-0.1, -0.05) is 29.3 Å². The highest BCUT2D eigenvalue weighted by Gasteiger charge is 2.10. The number of rotatable bonds is 6. The van der Waals surface area contributed by atoms with Crippen molar-refractivity contribution in [2.45, 2.75) is 0 Å². The van der Waals surface area contributed by atoms with Crippen molar-refractivity contribution in [2.24, 2.45) is 5.10 Å². The Morgan fingerprint density at radius 1 is 1.16 bits per heavy atom. The molecule has 0 amide bonds. The van der Waals surface area contributed by atoms with E-state index in [0.29, 0.717) is 15.6 Å². The average Bonchev–Trinajstić information content (AvgIpc) is 2.29. The Hall–Kier alpha value is -1.79. The molecule has 1 rings (SSSR count). The fraction of sp³-hybridized carbons (Fsp3) is 0.182. The van der Waals surface area contributed by atoms with E-state index in [9.17, 15) is 9.59 Å². The predicted octanol–water partition coefficient (Wildman–Crippen LogP) is 1.80. The van der Waals surface area contributed by atoms with Gasteiger partial charge in [-0.15, -0.1) is 0 Å². The standard InChI is InChI=1S/C11H10Cl2N2O4/c12-8-2-1-7(3-9(8)13)4-14-15(5-10(16)17)6-11(18)19/h1-4H,5-6H2,(H,16,17)(H,18,19)/b14-4-. The fourth-order valence-electron chi connectivity index (χ4n) is 1.19. The van der Waals surface area contributed by atoms with Crippen LogP contribution in [0.3, 0.4) is 0 Å². The summed E-state index contributed by atoms with van der Waals surface area (Å²) < 4.78 is 0. The van der Waals surface area contributed by atoms with E-state index in [4.69, 9.17) is 33.4 Å². The van der Waals surface area contributed by atoms with Crippen molar-refractivity contribution in [3.8, 4) is 0 Å². The first kappa shape index (κ1) is 15.3. The van der Waals surface area contributed by atoms with Gasteiger partial charge in [0.2, 0.25) is 0 Å². The fourth-order valence-corrected chi connectivity index (χ4v) is 1.50. The summed E-state index contributed by atoms with van der Waals surface area (Å²) in [7, 11) is 0. The lowest BCUT2D eigenvalue weighted by Gasteiger charge is -2.13. The number of aliphatic carboxylic acids is 2. The van der Waals surface area contributed by atoms with Crippen LogP contribution in [-0.2, 0) is 9.59 Å². The van der Waals surface area contributed by atoms with Gasteiger partial charge in [-0.3, -0.25) is 14.6 Å². The van der Waals surface area contributed by atoms with E-state index in [1.54, 1.807) is 12.1 Å². The predicted molar refractivity (Wildman–Crippen MR) is 70.9 cm³/mol. The van der Waals surface area contributed by atoms with E-state index < -0.39 is 25.0 Å². The Kier molecular flexibility index (Phi) is 5.59. The first-order valence-corrected chi connectivity index (χ1v) is 5.81. The van der Waals surface area contributed by atoms with E-state index in [2.05, 4.69) is 5.10 Å². The Bertz CT molecular complexity index is 503. The van der Waals surface area contributed by atoms with Crippen molar-refractivity contribution in [1.29, 1.82) is 0 Å². The molecule has 0 bridgehead atoms. The number of halogens is 2. The minimum Gasteiger partial charge on any atom is -0.480 e. The lowest BCUT2D eigenvalue weighted by Crippen LogP contribution is -2.30. The maximum Gasteiger partial charge on any atom is 0.324 e. The van der Waals surface area contributed by atoms with E-state index >= 15 is 0 Å². The number of carboxylic acid groups (broad SMARTS) is 2. The summed E-state index contributed by atoms with van der Waals surface area (Å²) in [6.45, 7) is -1.02. The molecule has 0 fully saturated rings. The Morgan fingerprint density at radius 2 is 1.74 bits per heavy atom. The number of nitrogens with zero attached hydrogens (tertiary/aromatic N) is 2. The summed E-state index contributed by atoms with van der Waals surface area (Å²) in [6, 6.07) is 4.72. The maximum absolute atomic E-state index is 10.6. The third kappa shape index (κ3) is 5.58. The summed E-state index contributed by atoms with van der Waals surface area (Å²) >= 11 is 11.5. The summed E-state index contributed by atoms with van der Waals surface area (Å²) in [5.41, 5.74) is 0.579. The van der Waals surface area contributed by atoms with Crippen LogP contribution in [0.15, 0.2) is 23.3 Å². The molecule has 0 saturated carbocycles. The summed E-state index contributed by atoms with van der Waals surface area (Å²) in [5, 5.41) is 22.7. The summed E-state index contributed by atoms with van der Waals surface area (Å²) in [4.78, 5) is 21.1. The number of hydrogen-bond acceptors (Lipinski definition) is 4. The Balaban J connectivity index is 2.81. The molecule has 2 N–H and O–H groups in total. The first-order valence-electron chi connectivity index (χ1n) is 5.06. The minimum absolute atomic E-state index is 0.327. The van der Waals surface area contributed by atoms with Crippen molar-refractivity contribution in [2.75, 3.05) is 13.1 Å². The molecular weight excluding hydrogens is 295 g/mol. The molecule has 0 heterocycles. The van der Waals surface area contributed by atoms with Gasteiger partial charge >= 0.3 is 11.9 Å². The minimum atomic E-state index is -1.17. The van der Waals surface area contributed by atoms with Crippen LogP contribution in [0.25, 0.3) is 0 Å². The lowest BCUT2D eigenvalue weighted by molar-refractivity contribution is -0.141. The Morgan fingerprint density at radius 3 is 2.21 bits per heavy atom. The van der Waals surface area contributed by atoms with Gasteiger partial charge in [0.15, 0.2) is 0 Å². The smallest absolute Gasteiger partial charge is 0.324 e. The normalized spacial score (nSPS) is 10.6. The maximum atomic E-state index is 10.6. The zero-order valence-corrected chi connectivity index (χ0v) is 11.1. The van der Waals surface area contributed by atoms with Crippen LogP contribution in [0, 0.1) is 0 Å². The molecule has 8 heteroatoms. The lowest BCUT2D eigenvalue weighted by atomic mass is 10.2. The van der Waals surface area contributed by atoms with Gasteiger partial charge in [0.05, 0.1) is 16.3 Å². The highest BCUT2D eigenvalue weighted by molar-refractivity contribution is 6.42. The van der Waals surface area contributed by atoms with E-state index in [0.717, 1.165) is 5.01 Å². The number of carboxylic acids is 2. The molecule has 0 atom stereocenters. The number of hydrazone groups is 1. The molecule has 0 radical (unpaired) electrons. The van der Waals surface area contributed by atoms with E-state index in [1.807, 2.05) is 0 Å². The van der Waals surface area contributed by atoms with Crippen LogP contribution in [0.5, 0.6) is 0 Å². The molecule has 6 nitrogen and oxygen atoms in total. The number of carbonyl (C=O) groups is 2. The van der Waals surface area contributed by atoms with Gasteiger partial charge in [0.25, 0.3) is 0 Å². The third-order valence-corrected chi connectivity index (χ3v) is 2.69. The molecule has 0 saturated heterocycles. The molecule has 0 aromatic heterocycles. The second-order valence-electron chi connectivity index (χ2n) is 3.53. The largest absolute Gasteiger partial charge is 0.480 e. The zero-order valence-electron chi connectivity index (χ0n) is 9.58. The van der Waals surface area contributed by atoms with Crippen molar-refractivity contribution < 1.29 is 19.8 Å². The molecule has 1 aromatic rings. The van der Waals surface area contributed by atoms with Crippen molar-refractivity contribution in [3.05, 3.63) is 33.8 Å². The molecule has 1 aromatic carbocycles. The first-order chi connectivity index (χ1) is 8.88. The van der Waals surface area contributed by atoms with Crippen LogP contribution in [0.1, 0.15) is 5.56 Å². The van der Waals surface area contributed by atoms with Gasteiger partial charge in [-0.2, -0.15) is 5.10 Å². The molecule has 0 aliphatic heterocycles. The monoisotopic (exact) mass is 304 g/mol. The number of benzene rings is 1. The average molecular weight is 305 g/mol. The SMILES string of the molecule is O=C(O)CN(CC(=O)O)/N=C\c1ccc(Cl)c(Cl)c1. The number of hydrogen-bond donors (Lipinski definition) is 2. The van der Waals surface area contributed by atoms with Crippen LogP contribution in [0.4, 0.5) is 0 Å². The molecule has 0 aliphatic carbocycles. The molecule has 0 unspecified atom stereocenters. The van der Waals surface area contributed by atoms with Crippen LogP contribution >= 0.6 is 23.2 Å². The van der Waals surface area contributed by atoms with Crippen molar-refractivity contribution in [1.82, 2.24) is 5.01 Å². The van der Waals surface area contributed by atoms with E-state index in [-0.39, 0.29) is 0 Å². The van der Waals surface area contributed by atoms with Crippen molar-refractivity contribution >= 4 is 41.4 Å². The Labute approximate surface area is 118 Å². The van der Waals surface area contributed by atoms with Crippen LogP contribution in [-0.4, -0.2) is 46.5 Å². The van der Waals surface area contributed by atoms with Crippen molar-refractivity contribution in [3.63, 3.8) is 0 Å². The van der Waals surface area contributed by atoms with Crippen LogP contribution < -0.4 is 0 Å². The molecule has 102 valence electrons. The topological polar surface area (TPSA) is 90.2 Å². The summed E-state index contributed by atoms with van der Waals surface area (Å²) in [5.74, 6) is -2.35. The van der Waals surface area contributed by atoms with Gasteiger partial charge < -0.3 is 10.2 Å². The molecular formula is C11H10Cl2N2O4. The highest BCUT2D eigenvalue weighted by Crippen LogP contribution is 2.21. The van der Waals surface area contributed by atoms with Crippen LogP contribution in [0.2, 0.25) is 10.0 Å². The van der Waals surface area contributed by atoms with E-state index in [1.165, 1.54) is 12.3 Å². The van der Waals surface area contributed by atoms with Gasteiger partial charge in [0.1, 0.15) is 13.1 Å². The quantitative estimate of drug-likeness (QED) is 0.618. The molecule has 0 spiro atoms. The highest BCUT2D eigenvalue weighted by atomic mass is 35.5. The second kappa shape index (κ2) is 6.96.